The molecule has 1 amide bonds. The van der Waals surface area contributed by atoms with Crippen molar-refractivity contribution < 1.29 is 18.7 Å². The van der Waals surface area contributed by atoms with E-state index in [2.05, 4.69) is 15.2 Å². The molecule has 2 saturated heterocycles. The van der Waals surface area contributed by atoms with Crippen LogP contribution < -0.4 is 10.1 Å². The number of hydrogen-bond donors (Lipinski definition) is 1. The molecule has 0 bridgehead atoms. The van der Waals surface area contributed by atoms with E-state index in [1.165, 1.54) is 17.7 Å². The minimum Gasteiger partial charge on any atom is -0.493 e. The number of piperidine rings is 1. The predicted octanol–water partition coefficient (Wildman–Crippen LogP) is 3.03. The monoisotopic (exact) mass is 427 g/mol. The van der Waals surface area contributed by atoms with Crippen LogP contribution in [0, 0.1) is 17.7 Å². The van der Waals surface area contributed by atoms with E-state index < -0.39 is 0 Å². The molecule has 1 aromatic carbocycles. The summed E-state index contributed by atoms with van der Waals surface area (Å²) in [7, 11) is 0. The Balaban J connectivity index is 1.37. The third-order valence-corrected chi connectivity index (χ3v) is 5.95. The van der Waals surface area contributed by atoms with Gasteiger partial charge in [0.25, 0.3) is 0 Å². The summed E-state index contributed by atoms with van der Waals surface area (Å²) in [4.78, 5) is 19.3. The third-order valence-electron chi connectivity index (χ3n) is 5.95. The summed E-state index contributed by atoms with van der Waals surface area (Å²) < 4.78 is 25.0. The Morgan fingerprint density at radius 2 is 2.13 bits per heavy atom. The van der Waals surface area contributed by atoms with Gasteiger partial charge in [0.05, 0.1) is 18.6 Å². The second-order valence-electron chi connectivity index (χ2n) is 8.50. The molecular formula is C24H30FN3O3. The van der Waals surface area contributed by atoms with Crippen molar-refractivity contribution in [3.63, 3.8) is 0 Å². The number of carbonyl (C=O) groups is 1. The molecule has 2 aromatic rings. The minimum absolute atomic E-state index is 0.0747. The van der Waals surface area contributed by atoms with E-state index in [1.54, 1.807) is 24.5 Å². The average Bonchev–Trinajstić information content (AvgIpc) is 3.30. The molecule has 3 atom stereocenters. The molecule has 0 aliphatic carbocycles. The van der Waals surface area contributed by atoms with Crippen LogP contribution in [0.1, 0.15) is 24.8 Å². The van der Waals surface area contributed by atoms with Crippen molar-refractivity contribution in [1.29, 1.82) is 0 Å². The van der Waals surface area contributed by atoms with E-state index >= 15 is 0 Å². The Bertz CT molecular complexity index is 845. The van der Waals surface area contributed by atoms with Crippen LogP contribution in [0.3, 0.4) is 0 Å². The molecule has 0 spiro atoms. The van der Waals surface area contributed by atoms with Crippen molar-refractivity contribution in [2.75, 3.05) is 32.8 Å². The molecule has 166 valence electrons. The molecule has 2 aliphatic rings. The highest BCUT2D eigenvalue weighted by molar-refractivity contribution is 5.79. The number of halogens is 1. The van der Waals surface area contributed by atoms with Gasteiger partial charge in [-0.15, -0.1) is 0 Å². The van der Waals surface area contributed by atoms with E-state index in [0.29, 0.717) is 25.4 Å². The largest absolute Gasteiger partial charge is 0.493 e. The van der Waals surface area contributed by atoms with E-state index in [9.17, 15) is 9.18 Å². The molecule has 1 unspecified atom stereocenters. The second kappa shape index (κ2) is 10.7. The Morgan fingerprint density at radius 1 is 1.26 bits per heavy atom. The van der Waals surface area contributed by atoms with Crippen LogP contribution in [-0.4, -0.2) is 54.7 Å². The fourth-order valence-electron chi connectivity index (χ4n) is 4.42. The van der Waals surface area contributed by atoms with Gasteiger partial charge in [0, 0.05) is 57.2 Å². The van der Waals surface area contributed by atoms with Crippen molar-refractivity contribution in [2.24, 2.45) is 11.8 Å². The number of likely N-dealkylation sites (tertiary alicyclic amines) is 1. The molecule has 31 heavy (non-hydrogen) atoms. The predicted molar refractivity (Wildman–Crippen MR) is 115 cm³/mol. The van der Waals surface area contributed by atoms with Gasteiger partial charge in [-0.05, 0) is 49.1 Å². The Hall–Kier alpha value is -2.51. The number of ether oxygens (including phenoxy) is 2. The lowest BCUT2D eigenvalue weighted by molar-refractivity contribution is -0.128. The smallest absolute Gasteiger partial charge is 0.224 e. The number of aromatic nitrogens is 1. The summed E-state index contributed by atoms with van der Waals surface area (Å²) in [5, 5.41) is 3.09. The molecule has 7 heteroatoms. The molecule has 4 rings (SSSR count). The maximum Gasteiger partial charge on any atom is 0.224 e. The SMILES string of the molecule is O=C(NCC1CCCO1)[C@@H]1C[C@H](COc2cccc(F)c2)CN(Cc2ccncc2)C1. The van der Waals surface area contributed by atoms with Gasteiger partial charge in [0.15, 0.2) is 0 Å². The maximum atomic E-state index is 13.5. The van der Waals surface area contributed by atoms with Gasteiger partial charge in [-0.3, -0.25) is 14.7 Å². The highest BCUT2D eigenvalue weighted by Crippen LogP contribution is 2.25. The van der Waals surface area contributed by atoms with Crippen LogP contribution in [0.4, 0.5) is 4.39 Å². The normalized spacial score (nSPS) is 24.1. The molecule has 0 saturated carbocycles. The first kappa shape index (κ1) is 21.7. The summed E-state index contributed by atoms with van der Waals surface area (Å²) in [6.45, 7) is 4.09. The number of hydrogen-bond acceptors (Lipinski definition) is 5. The fraction of sp³-hybridized carbons (Fsp3) is 0.500. The topological polar surface area (TPSA) is 63.7 Å². The van der Waals surface area contributed by atoms with E-state index in [-0.39, 0.29) is 29.7 Å². The number of nitrogens with one attached hydrogen (secondary N) is 1. The third kappa shape index (κ3) is 6.48. The molecule has 2 fully saturated rings. The molecule has 6 nitrogen and oxygen atoms in total. The number of amides is 1. The van der Waals surface area contributed by atoms with Gasteiger partial charge in [0.1, 0.15) is 11.6 Å². The van der Waals surface area contributed by atoms with Gasteiger partial charge >= 0.3 is 0 Å². The number of nitrogens with zero attached hydrogens (tertiary/aromatic N) is 2. The average molecular weight is 428 g/mol. The van der Waals surface area contributed by atoms with Gasteiger partial charge in [-0.25, -0.2) is 4.39 Å². The lowest BCUT2D eigenvalue weighted by Gasteiger charge is -2.37. The highest BCUT2D eigenvalue weighted by atomic mass is 19.1. The first-order valence-corrected chi connectivity index (χ1v) is 11.0. The minimum atomic E-state index is -0.313. The zero-order valence-electron chi connectivity index (χ0n) is 17.7. The first-order valence-electron chi connectivity index (χ1n) is 11.0. The molecule has 2 aliphatic heterocycles. The number of carbonyl (C=O) groups excluding carboxylic acids is 1. The fourth-order valence-corrected chi connectivity index (χ4v) is 4.42. The Labute approximate surface area is 182 Å². The van der Waals surface area contributed by atoms with E-state index in [0.717, 1.165) is 39.0 Å². The van der Waals surface area contributed by atoms with Crippen molar-refractivity contribution in [1.82, 2.24) is 15.2 Å². The van der Waals surface area contributed by atoms with Crippen LogP contribution in [0.15, 0.2) is 48.8 Å². The van der Waals surface area contributed by atoms with E-state index in [4.69, 9.17) is 9.47 Å². The van der Waals surface area contributed by atoms with E-state index in [1.807, 2.05) is 12.1 Å². The molecular weight excluding hydrogens is 397 g/mol. The number of pyridine rings is 1. The molecule has 1 N–H and O–H groups in total. The summed E-state index contributed by atoms with van der Waals surface area (Å²) in [5.41, 5.74) is 1.17. The van der Waals surface area contributed by atoms with Crippen LogP contribution >= 0.6 is 0 Å². The van der Waals surface area contributed by atoms with Crippen molar-refractivity contribution in [3.05, 3.63) is 60.2 Å². The zero-order valence-corrected chi connectivity index (χ0v) is 17.7. The van der Waals surface area contributed by atoms with Crippen LogP contribution in [0.25, 0.3) is 0 Å². The summed E-state index contributed by atoms with van der Waals surface area (Å²) in [5.74, 6) is 0.346. The standard InChI is InChI=1S/C24H30FN3O3/c25-21-3-1-4-22(12-21)31-17-19-11-20(24(29)27-13-23-5-2-10-30-23)16-28(15-19)14-18-6-8-26-9-7-18/h1,3-4,6-9,12,19-20,23H,2,5,10-11,13-17H2,(H,27,29)/t19-,20+,23?/m0/s1. The van der Waals surface area contributed by atoms with Crippen LogP contribution in [-0.2, 0) is 16.1 Å². The second-order valence-corrected chi connectivity index (χ2v) is 8.50. The lowest BCUT2D eigenvalue weighted by atomic mass is 9.88. The lowest BCUT2D eigenvalue weighted by Crippen LogP contribution is -2.48. The van der Waals surface area contributed by atoms with Crippen molar-refractivity contribution in [2.45, 2.75) is 31.9 Å². The van der Waals surface area contributed by atoms with Crippen LogP contribution in [0.5, 0.6) is 5.75 Å². The van der Waals surface area contributed by atoms with Gasteiger partial charge in [-0.2, -0.15) is 0 Å². The highest BCUT2D eigenvalue weighted by Gasteiger charge is 2.32. The summed E-state index contributed by atoms with van der Waals surface area (Å²) in [6, 6.07) is 10.2. The maximum absolute atomic E-state index is 13.5. The quantitative estimate of drug-likeness (QED) is 0.702. The van der Waals surface area contributed by atoms with Crippen molar-refractivity contribution >= 4 is 5.91 Å². The first-order chi connectivity index (χ1) is 15.2. The number of rotatable bonds is 8. The van der Waals surface area contributed by atoms with Gasteiger partial charge in [0.2, 0.25) is 5.91 Å². The molecule has 1 aromatic heterocycles. The number of benzene rings is 1. The molecule has 3 heterocycles. The Kier molecular flexibility index (Phi) is 7.48. The van der Waals surface area contributed by atoms with Gasteiger partial charge in [-0.1, -0.05) is 6.07 Å². The van der Waals surface area contributed by atoms with Gasteiger partial charge < -0.3 is 14.8 Å². The summed E-state index contributed by atoms with van der Waals surface area (Å²) in [6.07, 6.45) is 6.52. The van der Waals surface area contributed by atoms with Crippen LogP contribution in [0.2, 0.25) is 0 Å². The summed E-state index contributed by atoms with van der Waals surface area (Å²) >= 11 is 0. The molecule has 0 radical (unpaired) electrons. The zero-order chi connectivity index (χ0) is 21.5. The Morgan fingerprint density at radius 3 is 2.90 bits per heavy atom. The van der Waals surface area contributed by atoms with Crippen molar-refractivity contribution in [3.8, 4) is 5.75 Å².